The van der Waals surface area contributed by atoms with Gasteiger partial charge in [0.2, 0.25) is 0 Å². The zero-order valence-electron chi connectivity index (χ0n) is 31.2. The van der Waals surface area contributed by atoms with Crippen LogP contribution in [0.25, 0.3) is 55.3 Å². The molecule has 0 bridgehead atoms. The minimum atomic E-state index is -0.381. The van der Waals surface area contributed by atoms with E-state index in [2.05, 4.69) is 208 Å². The third kappa shape index (κ3) is 4.49. The van der Waals surface area contributed by atoms with Crippen LogP contribution in [0.1, 0.15) is 48.6 Å². The van der Waals surface area contributed by atoms with E-state index in [4.69, 9.17) is 4.42 Å². The normalized spacial score (nSPS) is 14.4. The summed E-state index contributed by atoms with van der Waals surface area (Å²) < 4.78 is 7.28. The summed E-state index contributed by atoms with van der Waals surface area (Å²) in [6.07, 6.45) is 0. The molecule has 0 fully saturated rings. The van der Waals surface area contributed by atoms with Gasteiger partial charge in [-0.15, -0.1) is 0 Å². The van der Waals surface area contributed by atoms with E-state index in [0.29, 0.717) is 0 Å². The second-order valence-corrected chi connectivity index (χ2v) is 15.8. The van der Waals surface area contributed by atoms with Crippen molar-refractivity contribution in [2.24, 2.45) is 0 Å². The molecule has 2 nitrogen and oxygen atoms in total. The third-order valence-corrected chi connectivity index (χ3v) is 12.6. The Balaban J connectivity index is 1.14. The molecule has 0 N–H and O–H groups in total. The SMILES string of the molecule is CC1(C)c2ccccc2-c2ccc(N(c3ccc(-c4ccccc4)cc3)c3cccc4c3oc3c(C5(C)c6ccccc6-c6ccccc65)cccc34)cc21. The molecule has 55 heavy (non-hydrogen) atoms. The van der Waals surface area contributed by atoms with E-state index < -0.39 is 0 Å². The Morgan fingerprint density at radius 1 is 0.382 bits per heavy atom. The predicted molar refractivity (Wildman–Crippen MR) is 229 cm³/mol. The number of hydrogen-bond acceptors (Lipinski definition) is 2. The summed E-state index contributed by atoms with van der Waals surface area (Å²) in [6.45, 7) is 7.06. The standard InChI is InChI=1S/C53H39NO/c1-52(2)44-22-10-7-17-38(44)41-32-31-37(33-48(41)52)54(36-29-27-35(28-30-36)34-15-5-4-6-16-34)49-26-14-21-43-42-20-13-25-47(50(42)55-51(43)49)53(3)45-23-11-8-18-39(45)40-19-9-12-24-46(40)53/h4-33H,1-3H3. The van der Waals surface area contributed by atoms with E-state index in [1.807, 2.05) is 0 Å². The Hall–Kier alpha value is -6.64. The molecule has 262 valence electrons. The van der Waals surface area contributed by atoms with Crippen molar-refractivity contribution in [3.63, 3.8) is 0 Å². The van der Waals surface area contributed by atoms with Gasteiger partial charge in [0.15, 0.2) is 5.58 Å². The molecule has 11 rings (SSSR count). The number of rotatable bonds is 5. The fourth-order valence-electron chi connectivity index (χ4n) is 9.81. The lowest BCUT2D eigenvalue weighted by atomic mass is 9.74. The van der Waals surface area contributed by atoms with Gasteiger partial charge in [0.1, 0.15) is 5.58 Å². The summed E-state index contributed by atoms with van der Waals surface area (Å²) in [5.41, 5.74) is 18.6. The second kappa shape index (κ2) is 11.7. The van der Waals surface area contributed by atoms with Crippen molar-refractivity contribution in [1.29, 1.82) is 0 Å². The topological polar surface area (TPSA) is 16.4 Å². The van der Waals surface area contributed by atoms with Gasteiger partial charge in [-0.1, -0.05) is 166 Å². The van der Waals surface area contributed by atoms with Crippen LogP contribution in [0.3, 0.4) is 0 Å². The first kappa shape index (κ1) is 31.8. The molecule has 0 unspecified atom stereocenters. The molecule has 0 atom stereocenters. The second-order valence-electron chi connectivity index (χ2n) is 15.8. The van der Waals surface area contributed by atoms with Gasteiger partial charge in [0, 0.05) is 38.5 Å². The Kier molecular flexibility index (Phi) is 6.76. The van der Waals surface area contributed by atoms with E-state index in [-0.39, 0.29) is 10.8 Å². The van der Waals surface area contributed by atoms with Crippen LogP contribution in [0.4, 0.5) is 17.1 Å². The van der Waals surface area contributed by atoms with Crippen molar-refractivity contribution < 1.29 is 4.42 Å². The maximum atomic E-state index is 7.28. The van der Waals surface area contributed by atoms with Crippen LogP contribution in [0, 0.1) is 0 Å². The summed E-state index contributed by atoms with van der Waals surface area (Å²) in [6, 6.07) is 66.4. The maximum absolute atomic E-state index is 7.28. The van der Waals surface area contributed by atoms with Gasteiger partial charge in [-0.25, -0.2) is 0 Å². The molecule has 9 aromatic rings. The Morgan fingerprint density at radius 3 is 1.58 bits per heavy atom. The average Bonchev–Trinajstić information content (AvgIpc) is 3.83. The summed E-state index contributed by atoms with van der Waals surface area (Å²) in [5, 5.41) is 2.24. The lowest BCUT2D eigenvalue weighted by molar-refractivity contribution is 0.638. The van der Waals surface area contributed by atoms with E-state index in [9.17, 15) is 0 Å². The lowest BCUT2D eigenvalue weighted by Gasteiger charge is -2.28. The van der Waals surface area contributed by atoms with Crippen molar-refractivity contribution in [3.8, 4) is 33.4 Å². The minimum absolute atomic E-state index is 0.131. The highest BCUT2D eigenvalue weighted by Gasteiger charge is 2.42. The molecule has 2 aliphatic carbocycles. The Morgan fingerprint density at radius 2 is 0.891 bits per heavy atom. The molecule has 1 aromatic heterocycles. The van der Waals surface area contributed by atoms with Gasteiger partial charge in [0.05, 0.1) is 5.69 Å². The van der Waals surface area contributed by atoms with Gasteiger partial charge in [0.25, 0.3) is 0 Å². The van der Waals surface area contributed by atoms with Crippen LogP contribution in [0.2, 0.25) is 0 Å². The quantitative estimate of drug-likeness (QED) is 0.177. The smallest absolute Gasteiger partial charge is 0.159 e. The van der Waals surface area contributed by atoms with Crippen molar-refractivity contribution >= 4 is 39.0 Å². The highest BCUT2D eigenvalue weighted by Crippen LogP contribution is 2.55. The zero-order chi connectivity index (χ0) is 36.9. The van der Waals surface area contributed by atoms with E-state index in [0.717, 1.165) is 39.0 Å². The van der Waals surface area contributed by atoms with E-state index in [1.165, 1.54) is 61.2 Å². The van der Waals surface area contributed by atoms with Crippen LogP contribution in [-0.4, -0.2) is 0 Å². The monoisotopic (exact) mass is 705 g/mol. The van der Waals surface area contributed by atoms with Crippen LogP contribution < -0.4 is 4.90 Å². The van der Waals surface area contributed by atoms with Gasteiger partial charge < -0.3 is 9.32 Å². The van der Waals surface area contributed by atoms with Gasteiger partial charge in [-0.05, 0) is 92.9 Å². The first-order chi connectivity index (χ1) is 26.9. The number of anilines is 3. The number of fused-ring (bicyclic) bond motifs is 9. The van der Waals surface area contributed by atoms with Gasteiger partial charge in [-0.3, -0.25) is 0 Å². The van der Waals surface area contributed by atoms with Gasteiger partial charge >= 0.3 is 0 Å². The van der Waals surface area contributed by atoms with Crippen molar-refractivity contribution in [1.82, 2.24) is 0 Å². The van der Waals surface area contributed by atoms with Crippen molar-refractivity contribution in [2.75, 3.05) is 4.90 Å². The van der Waals surface area contributed by atoms with Crippen molar-refractivity contribution in [2.45, 2.75) is 31.6 Å². The summed E-state index contributed by atoms with van der Waals surface area (Å²) in [5.74, 6) is 0. The highest BCUT2D eigenvalue weighted by molar-refractivity contribution is 6.11. The molecule has 2 heteroatoms. The summed E-state index contributed by atoms with van der Waals surface area (Å²) >= 11 is 0. The molecular weight excluding hydrogens is 667 g/mol. The molecule has 0 amide bonds. The average molecular weight is 706 g/mol. The molecule has 2 aliphatic rings. The first-order valence-electron chi connectivity index (χ1n) is 19.3. The summed E-state index contributed by atoms with van der Waals surface area (Å²) in [7, 11) is 0. The predicted octanol–water partition coefficient (Wildman–Crippen LogP) is 14.4. The Bertz CT molecular complexity index is 2920. The molecule has 0 saturated heterocycles. The largest absolute Gasteiger partial charge is 0.454 e. The Labute approximate surface area is 322 Å². The molecule has 8 aromatic carbocycles. The molecule has 0 aliphatic heterocycles. The molecule has 0 saturated carbocycles. The molecule has 1 heterocycles. The number of para-hydroxylation sites is 2. The van der Waals surface area contributed by atoms with E-state index in [1.54, 1.807) is 0 Å². The zero-order valence-corrected chi connectivity index (χ0v) is 31.2. The van der Waals surface area contributed by atoms with Crippen LogP contribution in [0.5, 0.6) is 0 Å². The molecular formula is C53H39NO. The van der Waals surface area contributed by atoms with E-state index >= 15 is 0 Å². The lowest BCUT2D eigenvalue weighted by Crippen LogP contribution is -2.22. The first-order valence-corrected chi connectivity index (χ1v) is 19.3. The number of hydrogen-bond donors (Lipinski definition) is 0. The maximum Gasteiger partial charge on any atom is 0.159 e. The van der Waals surface area contributed by atoms with Crippen molar-refractivity contribution in [3.05, 3.63) is 210 Å². The third-order valence-electron chi connectivity index (χ3n) is 12.6. The number of nitrogens with zero attached hydrogens (tertiary/aromatic N) is 1. The summed E-state index contributed by atoms with van der Waals surface area (Å²) in [4.78, 5) is 2.39. The number of furan rings is 1. The van der Waals surface area contributed by atoms with Crippen LogP contribution in [-0.2, 0) is 10.8 Å². The highest BCUT2D eigenvalue weighted by atomic mass is 16.3. The van der Waals surface area contributed by atoms with Crippen LogP contribution >= 0.6 is 0 Å². The number of benzene rings is 8. The molecule has 0 radical (unpaired) electrons. The molecule has 0 spiro atoms. The van der Waals surface area contributed by atoms with Gasteiger partial charge in [-0.2, -0.15) is 0 Å². The fraction of sp³-hybridized carbons (Fsp3) is 0.0943. The fourth-order valence-corrected chi connectivity index (χ4v) is 9.81. The van der Waals surface area contributed by atoms with Crippen LogP contribution in [0.15, 0.2) is 186 Å². The minimum Gasteiger partial charge on any atom is -0.454 e.